The fourth-order valence-electron chi connectivity index (χ4n) is 5.20. The topological polar surface area (TPSA) is 176 Å². The van der Waals surface area contributed by atoms with Crippen LogP contribution in [0.5, 0.6) is 40.2 Å². The van der Waals surface area contributed by atoms with Crippen molar-refractivity contribution in [1.29, 1.82) is 0 Å². The lowest BCUT2D eigenvalue weighted by Gasteiger charge is -2.37. The van der Waals surface area contributed by atoms with Crippen LogP contribution in [0.3, 0.4) is 0 Å². The van der Waals surface area contributed by atoms with Crippen LogP contribution in [0, 0.1) is 5.92 Å². The van der Waals surface area contributed by atoms with Gasteiger partial charge in [-0.15, -0.1) is 0 Å². The summed E-state index contributed by atoms with van der Waals surface area (Å²) < 4.78 is 0. The number of Topliss-reactive ketones (excluding diaryl/α,β-unsaturated/α-hetero) is 2. The van der Waals surface area contributed by atoms with E-state index in [-0.39, 0.29) is 34.8 Å². The first-order chi connectivity index (χ1) is 17.4. The van der Waals surface area contributed by atoms with E-state index in [0.717, 1.165) is 30.7 Å². The van der Waals surface area contributed by atoms with Crippen molar-refractivity contribution in [2.45, 2.75) is 32.1 Å². The zero-order valence-electron chi connectivity index (χ0n) is 20.0. The molecule has 3 aromatic carbocycles. The highest BCUT2D eigenvalue weighted by molar-refractivity contribution is 6.03. The molecule has 9 heteroatoms. The molecular formula is C28H26O9. The Hall–Kier alpha value is -4.66. The predicted molar refractivity (Wildman–Crippen MR) is 133 cm³/mol. The van der Waals surface area contributed by atoms with Crippen LogP contribution < -0.4 is 0 Å². The lowest BCUT2D eigenvalue weighted by molar-refractivity contribution is 0.0876. The highest BCUT2D eigenvalue weighted by Crippen LogP contribution is 2.54. The molecule has 4 rings (SSSR count). The summed E-state index contributed by atoms with van der Waals surface area (Å²) >= 11 is 0. The van der Waals surface area contributed by atoms with Crippen LogP contribution in [0.15, 0.2) is 54.1 Å². The van der Waals surface area contributed by atoms with Gasteiger partial charge in [0.1, 0.15) is 45.8 Å². The van der Waals surface area contributed by atoms with Crippen molar-refractivity contribution in [3.8, 4) is 40.2 Å². The fraction of sp³-hybridized carbons (Fsp3) is 0.214. The maximum Gasteiger partial charge on any atom is 0.171 e. The van der Waals surface area contributed by atoms with Crippen molar-refractivity contribution in [3.05, 3.63) is 76.4 Å². The van der Waals surface area contributed by atoms with Crippen molar-refractivity contribution >= 4 is 11.6 Å². The first-order valence-electron chi connectivity index (χ1n) is 11.4. The van der Waals surface area contributed by atoms with Gasteiger partial charge in [0.2, 0.25) is 0 Å². The van der Waals surface area contributed by atoms with Crippen molar-refractivity contribution in [2.24, 2.45) is 5.92 Å². The van der Waals surface area contributed by atoms with Crippen molar-refractivity contribution in [3.63, 3.8) is 0 Å². The molecule has 9 nitrogen and oxygen atoms in total. The highest BCUT2D eigenvalue weighted by Gasteiger charge is 2.43. The minimum Gasteiger partial charge on any atom is -0.508 e. The SMILES string of the molecule is CC(=O)c1c(O)cc(O)c([C@@H]2C=C(C)C[C@H](c3ccc(O)cc3O)[C@H]2C(=O)c2ccc(O)cc2O)c1O. The van der Waals surface area contributed by atoms with Gasteiger partial charge in [0.05, 0.1) is 5.56 Å². The molecule has 0 fully saturated rings. The Morgan fingerprint density at radius 1 is 0.784 bits per heavy atom. The normalized spacial score (nSPS) is 19.3. The Kier molecular flexibility index (Phi) is 6.48. The zero-order chi connectivity index (χ0) is 27.2. The van der Waals surface area contributed by atoms with E-state index in [1.807, 2.05) is 0 Å². The third kappa shape index (κ3) is 4.51. The molecule has 0 heterocycles. The molecule has 0 aliphatic heterocycles. The molecule has 192 valence electrons. The maximum absolute atomic E-state index is 14.0. The summed E-state index contributed by atoms with van der Waals surface area (Å²) in [5.74, 6) is -7.37. The number of phenolic OH excluding ortho intramolecular Hbond substituents is 7. The zero-order valence-corrected chi connectivity index (χ0v) is 20.0. The molecule has 0 spiro atoms. The molecule has 3 aromatic rings. The smallest absolute Gasteiger partial charge is 0.171 e. The monoisotopic (exact) mass is 506 g/mol. The van der Waals surface area contributed by atoms with E-state index in [0.29, 0.717) is 5.56 Å². The second kappa shape index (κ2) is 9.42. The second-order valence-electron chi connectivity index (χ2n) is 9.29. The van der Waals surface area contributed by atoms with Gasteiger partial charge in [0.25, 0.3) is 0 Å². The van der Waals surface area contributed by atoms with Gasteiger partial charge < -0.3 is 35.7 Å². The molecule has 0 aromatic heterocycles. The number of phenols is 7. The summed E-state index contributed by atoms with van der Waals surface area (Å²) in [5, 5.41) is 72.6. The average Bonchev–Trinajstić information content (AvgIpc) is 2.77. The quantitative estimate of drug-likeness (QED) is 0.193. The van der Waals surface area contributed by atoms with Crippen LogP contribution >= 0.6 is 0 Å². The Bertz CT molecular complexity index is 1450. The van der Waals surface area contributed by atoms with E-state index in [4.69, 9.17) is 0 Å². The van der Waals surface area contributed by atoms with Gasteiger partial charge in [-0.2, -0.15) is 0 Å². The van der Waals surface area contributed by atoms with Crippen LogP contribution in [0.2, 0.25) is 0 Å². The lowest BCUT2D eigenvalue weighted by atomic mass is 9.65. The van der Waals surface area contributed by atoms with E-state index in [1.165, 1.54) is 24.3 Å². The van der Waals surface area contributed by atoms with Crippen LogP contribution in [0.1, 0.15) is 63.9 Å². The molecule has 0 amide bonds. The summed E-state index contributed by atoms with van der Waals surface area (Å²) in [6.45, 7) is 2.89. The minimum absolute atomic E-state index is 0.145. The standard InChI is InChI=1S/C28H26O9/c1-12-7-18(16-5-3-14(30)9-20(16)32)25(27(36)17-6-4-15(31)10-21(17)33)19(8-12)26-23(35)11-22(34)24(13(2)29)28(26)37/h3-6,8-11,18-19,25,30-35,37H,7H2,1-2H3/t18-,19-,25-/m1/s1. The first kappa shape index (κ1) is 25.4. The average molecular weight is 507 g/mol. The molecule has 0 saturated carbocycles. The lowest BCUT2D eigenvalue weighted by Crippen LogP contribution is -2.31. The maximum atomic E-state index is 14.0. The van der Waals surface area contributed by atoms with Gasteiger partial charge in [-0.1, -0.05) is 17.7 Å². The number of rotatable bonds is 5. The van der Waals surface area contributed by atoms with E-state index < -0.39 is 57.9 Å². The number of allylic oxidation sites excluding steroid dienone is 2. The molecule has 37 heavy (non-hydrogen) atoms. The number of ketones is 2. The van der Waals surface area contributed by atoms with E-state index in [1.54, 1.807) is 13.0 Å². The minimum atomic E-state index is -1.14. The summed E-state index contributed by atoms with van der Waals surface area (Å²) in [6.07, 6.45) is 1.91. The molecule has 0 saturated heterocycles. The molecule has 0 unspecified atom stereocenters. The summed E-state index contributed by atoms with van der Waals surface area (Å²) in [6, 6.07) is 8.31. The Balaban J connectivity index is 2.00. The third-order valence-corrected chi connectivity index (χ3v) is 6.77. The van der Waals surface area contributed by atoms with Crippen LogP contribution in [0.4, 0.5) is 0 Å². The van der Waals surface area contributed by atoms with Gasteiger partial charge in [-0.25, -0.2) is 0 Å². The summed E-state index contributed by atoms with van der Waals surface area (Å²) in [5.41, 5.74) is 0.289. The number of hydrogen-bond donors (Lipinski definition) is 7. The van der Waals surface area contributed by atoms with Crippen molar-refractivity contribution < 1.29 is 45.3 Å². The van der Waals surface area contributed by atoms with Gasteiger partial charge in [-0.3, -0.25) is 9.59 Å². The van der Waals surface area contributed by atoms with Gasteiger partial charge >= 0.3 is 0 Å². The largest absolute Gasteiger partial charge is 0.508 e. The molecule has 1 aliphatic carbocycles. The molecule has 0 bridgehead atoms. The summed E-state index contributed by atoms with van der Waals surface area (Å²) in [4.78, 5) is 26.2. The van der Waals surface area contributed by atoms with Crippen molar-refractivity contribution in [2.75, 3.05) is 0 Å². The molecule has 0 radical (unpaired) electrons. The second-order valence-corrected chi connectivity index (χ2v) is 9.29. The van der Waals surface area contributed by atoms with E-state index in [2.05, 4.69) is 0 Å². The number of carbonyl (C=O) groups excluding carboxylic acids is 2. The third-order valence-electron chi connectivity index (χ3n) is 6.77. The Morgan fingerprint density at radius 2 is 1.41 bits per heavy atom. The van der Waals surface area contributed by atoms with Gasteiger partial charge in [-0.05, 0) is 44.0 Å². The van der Waals surface area contributed by atoms with Crippen LogP contribution in [-0.2, 0) is 0 Å². The van der Waals surface area contributed by atoms with Crippen LogP contribution in [-0.4, -0.2) is 47.3 Å². The molecule has 7 N–H and O–H groups in total. The number of aromatic hydroxyl groups is 7. The fourth-order valence-corrected chi connectivity index (χ4v) is 5.20. The van der Waals surface area contributed by atoms with Gasteiger partial charge in [0, 0.05) is 41.5 Å². The first-order valence-corrected chi connectivity index (χ1v) is 11.4. The Labute approximate surface area is 211 Å². The molecular weight excluding hydrogens is 480 g/mol. The van der Waals surface area contributed by atoms with Crippen LogP contribution in [0.25, 0.3) is 0 Å². The summed E-state index contributed by atoms with van der Waals surface area (Å²) in [7, 11) is 0. The Morgan fingerprint density at radius 3 is 2.00 bits per heavy atom. The van der Waals surface area contributed by atoms with E-state index >= 15 is 0 Å². The molecule has 3 atom stereocenters. The highest BCUT2D eigenvalue weighted by atomic mass is 16.3. The predicted octanol–water partition coefficient (Wildman–Crippen LogP) is 4.54. The van der Waals surface area contributed by atoms with Crippen molar-refractivity contribution in [1.82, 2.24) is 0 Å². The number of benzene rings is 3. The van der Waals surface area contributed by atoms with Gasteiger partial charge in [0.15, 0.2) is 11.6 Å². The number of carbonyl (C=O) groups is 2. The van der Waals surface area contributed by atoms with E-state index in [9.17, 15) is 45.3 Å². The molecule has 1 aliphatic rings. The number of hydrogen-bond acceptors (Lipinski definition) is 9.